The van der Waals surface area contributed by atoms with Crippen molar-refractivity contribution >= 4 is 28.3 Å². The molecule has 11 heteroatoms. The van der Waals surface area contributed by atoms with Crippen LogP contribution in [0.5, 0.6) is 5.75 Å². The van der Waals surface area contributed by atoms with E-state index in [2.05, 4.69) is 10.1 Å². The molecule has 0 unspecified atom stereocenters. The Morgan fingerprint density at radius 2 is 1.75 bits per heavy atom. The molecule has 0 bridgehead atoms. The second kappa shape index (κ2) is 8.67. The second-order valence-corrected chi connectivity index (χ2v) is 7.99. The molecule has 3 heterocycles. The zero-order valence-electron chi connectivity index (χ0n) is 19.2. The molecule has 0 saturated carbocycles. The lowest BCUT2D eigenvalue weighted by Gasteiger charge is -2.19. The second-order valence-electron chi connectivity index (χ2n) is 7.99. The van der Waals surface area contributed by atoms with Crippen LogP contribution in [-0.4, -0.2) is 40.4 Å². The van der Waals surface area contributed by atoms with Crippen molar-refractivity contribution in [2.24, 2.45) is 0 Å². The number of carbonyl (C=O) groups is 2. The van der Waals surface area contributed by atoms with Gasteiger partial charge < -0.3 is 14.4 Å². The van der Waals surface area contributed by atoms with Crippen molar-refractivity contribution in [1.82, 2.24) is 14.8 Å². The van der Waals surface area contributed by atoms with E-state index in [1.165, 1.54) is 25.4 Å². The highest BCUT2D eigenvalue weighted by atomic mass is 19.4. The van der Waals surface area contributed by atoms with Crippen molar-refractivity contribution in [2.75, 3.05) is 18.6 Å². The summed E-state index contributed by atoms with van der Waals surface area (Å²) in [7, 11) is 1.56. The van der Waals surface area contributed by atoms with Gasteiger partial charge in [-0.25, -0.2) is 9.48 Å². The third-order valence-electron chi connectivity index (χ3n) is 5.90. The van der Waals surface area contributed by atoms with E-state index in [-0.39, 0.29) is 30.3 Å². The predicted octanol–water partition coefficient (Wildman–Crippen LogP) is 4.79. The quantitative estimate of drug-likeness (QED) is 0.357. The summed E-state index contributed by atoms with van der Waals surface area (Å²) in [4.78, 5) is 31.1. The molecule has 184 valence electrons. The van der Waals surface area contributed by atoms with Crippen LogP contribution in [0.15, 0.2) is 55.0 Å². The van der Waals surface area contributed by atoms with Crippen LogP contribution >= 0.6 is 0 Å². The van der Waals surface area contributed by atoms with Gasteiger partial charge in [0.2, 0.25) is 0 Å². The van der Waals surface area contributed by atoms with Crippen molar-refractivity contribution in [3.8, 4) is 11.4 Å². The SMILES string of the molecule is CCOC(=O)c1cnn(-c2ccc3c4c(cncc24)C(=O)N3Cc2ccc(OC)cc2)c1C(F)(F)F. The van der Waals surface area contributed by atoms with Crippen LogP contribution in [0.25, 0.3) is 16.5 Å². The standard InChI is InChI=1S/C25H19F3N4O4/c1-3-36-24(34)18-12-30-32(22(18)25(26,27)28)19-8-9-20-21-16(19)10-29-11-17(21)23(33)31(20)13-14-4-6-15(35-2)7-5-14/h4-12H,3,13H2,1-2H3. The molecule has 1 aliphatic heterocycles. The molecule has 0 saturated heterocycles. The molecule has 1 amide bonds. The fraction of sp³-hybridized carbons (Fsp3) is 0.200. The van der Waals surface area contributed by atoms with Gasteiger partial charge in [0.1, 0.15) is 11.3 Å². The van der Waals surface area contributed by atoms with Crippen LogP contribution in [0, 0.1) is 0 Å². The van der Waals surface area contributed by atoms with Crippen molar-refractivity contribution in [3.05, 3.63) is 77.4 Å². The molecular weight excluding hydrogens is 477 g/mol. The minimum atomic E-state index is -4.90. The molecule has 1 aliphatic rings. The Morgan fingerprint density at radius 1 is 1.03 bits per heavy atom. The van der Waals surface area contributed by atoms with Gasteiger partial charge in [0.15, 0.2) is 5.69 Å². The topological polar surface area (TPSA) is 86.5 Å². The zero-order chi connectivity index (χ0) is 25.6. The number of aromatic nitrogens is 3. The first-order valence-electron chi connectivity index (χ1n) is 10.9. The maximum absolute atomic E-state index is 14.1. The van der Waals surface area contributed by atoms with E-state index >= 15 is 0 Å². The first-order valence-corrected chi connectivity index (χ1v) is 10.9. The number of carbonyl (C=O) groups excluding carboxylic acids is 2. The van der Waals surface area contributed by atoms with E-state index in [1.54, 1.807) is 30.2 Å². The summed E-state index contributed by atoms with van der Waals surface area (Å²) < 4.78 is 52.8. The number of rotatable bonds is 6. The smallest absolute Gasteiger partial charge is 0.434 e. The Kier molecular flexibility index (Phi) is 5.62. The molecule has 5 rings (SSSR count). The van der Waals surface area contributed by atoms with Gasteiger partial charge >= 0.3 is 12.1 Å². The number of halogens is 3. The number of anilines is 1. The predicted molar refractivity (Wildman–Crippen MR) is 123 cm³/mol. The maximum Gasteiger partial charge on any atom is 0.434 e. The van der Waals surface area contributed by atoms with E-state index in [0.717, 1.165) is 11.8 Å². The van der Waals surface area contributed by atoms with Gasteiger partial charge in [-0.05, 0) is 36.8 Å². The normalized spacial score (nSPS) is 12.9. The van der Waals surface area contributed by atoms with E-state index in [4.69, 9.17) is 9.47 Å². The number of esters is 1. The van der Waals surface area contributed by atoms with Crippen LogP contribution in [0.4, 0.5) is 18.9 Å². The number of ether oxygens (including phenoxy) is 2. The van der Waals surface area contributed by atoms with Crippen LogP contribution < -0.4 is 9.64 Å². The van der Waals surface area contributed by atoms with Gasteiger partial charge in [0, 0.05) is 23.2 Å². The molecule has 8 nitrogen and oxygen atoms in total. The Balaban J connectivity index is 1.63. The van der Waals surface area contributed by atoms with Crippen molar-refractivity contribution < 1.29 is 32.2 Å². The molecule has 2 aromatic heterocycles. The summed E-state index contributed by atoms with van der Waals surface area (Å²) in [6, 6.07) is 10.2. The third-order valence-corrected chi connectivity index (χ3v) is 5.90. The average Bonchev–Trinajstić information content (AvgIpc) is 3.42. The van der Waals surface area contributed by atoms with Crippen molar-refractivity contribution in [3.63, 3.8) is 0 Å². The summed E-state index contributed by atoms with van der Waals surface area (Å²) in [5.41, 5.74) is -0.279. The number of amides is 1. The number of alkyl halides is 3. The number of hydrogen-bond donors (Lipinski definition) is 0. The van der Waals surface area contributed by atoms with Crippen LogP contribution in [0.2, 0.25) is 0 Å². The summed E-state index contributed by atoms with van der Waals surface area (Å²) in [6.45, 7) is 1.66. The van der Waals surface area contributed by atoms with Crippen LogP contribution in [0.1, 0.15) is 38.9 Å². The summed E-state index contributed by atoms with van der Waals surface area (Å²) >= 11 is 0. The number of methoxy groups -OCH3 is 1. The first-order chi connectivity index (χ1) is 17.2. The molecule has 0 atom stereocenters. The number of pyridine rings is 1. The first kappa shape index (κ1) is 23.3. The van der Waals surface area contributed by atoms with Crippen LogP contribution in [0.3, 0.4) is 0 Å². The van der Waals surface area contributed by atoms with Crippen LogP contribution in [-0.2, 0) is 17.5 Å². The van der Waals surface area contributed by atoms with Crippen molar-refractivity contribution in [1.29, 1.82) is 0 Å². The largest absolute Gasteiger partial charge is 0.497 e. The Hall–Kier alpha value is -4.41. The molecule has 36 heavy (non-hydrogen) atoms. The van der Waals surface area contributed by atoms with E-state index in [0.29, 0.717) is 26.9 Å². The zero-order valence-corrected chi connectivity index (χ0v) is 19.2. The number of hydrogen-bond acceptors (Lipinski definition) is 6. The molecule has 0 radical (unpaired) electrons. The highest BCUT2D eigenvalue weighted by molar-refractivity contribution is 6.25. The van der Waals surface area contributed by atoms with Gasteiger partial charge in [-0.3, -0.25) is 9.78 Å². The van der Waals surface area contributed by atoms with E-state index in [1.807, 2.05) is 12.1 Å². The average molecular weight is 496 g/mol. The molecule has 0 aliphatic carbocycles. The number of nitrogens with zero attached hydrogens (tertiary/aromatic N) is 4. The summed E-state index contributed by atoms with van der Waals surface area (Å²) in [6.07, 6.45) is -1.29. The maximum atomic E-state index is 14.1. The molecule has 0 fully saturated rings. The van der Waals surface area contributed by atoms with E-state index in [9.17, 15) is 22.8 Å². The summed E-state index contributed by atoms with van der Waals surface area (Å²) in [5, 5.41) is 4.62. The van der Waals surface area contributed by atoms with Gasteiger partial charge in [-0.15, -0.1) is 0 Å². The molecule has 0 spiro atoms. The Labute approximate surface area is 202 Å². The molecular formula is C25H19F3N4O4. The van der Waals surface area contributed by atoms with Gasteiger partial charge in [0.05, 0.1) is 43.4 Å². The fourth-order valence-corrected chi connectivity index (χ4v) is 4.32. The molecule has 2 aromatic carbocycles. The molecule has 0 N–H and O–H groups in total. The third kappa shape index (κ3) is 3.72. The monoisotopic (exact) mass is 496 g/mol. The fourth-order valence-electron chi connectivity index (χ4n) is 4.32. The lowest BCUT2D eigenvalue weighted by atomic mass is 10.1. The lowest BCUT2D eigenvalue weighted by Crippen LogP contribution is -2.26. The highest BCUT2D eigenvalue weighted by Gasteiger charge is 2.42. The van der Waals surface area contributed by atoms with Gasteiger partial charge in [-0.1, -0.05) is 12.1 Å². The highest BCUT2D eigenvalue weighted by Crippen LogP contribution is 2.42. The minimum Gasteiger partial charge on any atom is -0.497 e. The van der Waals surface area contributed by atoms with E-state index < -0.39 is 23.4 Å². The molecule has 4 aromatic rings. The van der Waals surface area contributed by atoms with Crippen molar-refractivity contribution in [2.45, 2.75) is 19.6 Å². The Bertz CT molecular complexity index is 1500. The van der Waals surface area contributed by atoms with Gasteiger partial charge in [-0.2, -0.15) is 18.3 Å². The minimum absolute atomic E-state index is 0.0325. The lowest BCUT2D eigenvalue weighted by molar-refractivity contribution is -0.143. The Morgan fingerprint density at radius 3 is 2.42 bits per heavy atom. The number of benzene rings is 2. The summed E-state index contributed by atoms with van der Waals surface area (Å²) in [5.74, 6) is -0.770. The van der Waals surface area contributed by atoms with Gasteiger partial charge in [0.25, 0.3) is 5.91 Å².